The van der Waals surface area contributed by atoms with Gasteiger partial charge in [-0.1, -0.05) is 25.5 Å². The lowest BCUT2D eigenvalue weighted by atomic mass is 9.95. The van der Waals surface area contributed by atoms with E-state index in [1.165, 1.54) is 12.1 Å². The average molecular weight is 346 g/mol. The van der Waals surface area contributed by atoms with Crippen LogP contribution in [0.4, 0.5) is 5.82 Å². The number of nitrogen functional groups attached to an aromatic ring is 1. The van der Waals surface area contributed by atoms with Crippen molar-refractivity contribution in [1.82, 2.24) is 4.98 Å². The SMILES string of the molecule is CCCCOc1ccc(-c2c(C(=O)O)c(N)[nH]c(=O)c2C(=O)O)cc1. The highest BCUT2D eigenvalue weighted by Gasteiger charge is 2.26. The molecule has 0 spiro atoms. The Morgan fingerprint density at radius 2 is 1.72 bits per heavy atom. The van der Waals surface area contributed by atoms with E-state index in [1.54, 1.807) is 12.1 Å². The number of H-pyrrole nitrogens is 1. The molecular weight excluding hydrogens is 328 g/mol. The smallest absolute Gasteiger partial charge is 0.342 e. The Hall–Kier alpha value is -3.29. The molecule has 0 atom stereocenters. The molecule has 5 N–H and O–H groups in total. The predicted molar refractivity (Wildman–Crippen MR) is 91.2 cm³/mol. The van der Waals surface area contributed by atoms with E-state index in [0.717, 1.165) is 12.8 Å². The first kappa shape index (κ1) is 18.1. The van der Waals surface area contributed by atoms with Crippen molar-refractivity contribution >= 4 is 17.8 Å². The lowest BCUT2D eigenvalue weighted by Gasteiger charge is -2.13. The normalized spacial score (nSPS) is 10.4. The minimum atomic E-state index is -1.54. The molecule has 8 heteroatoms. The summed E-state index contributed by atoms with van der Waals surface area (Å²) in [5.74, 6) is -2.82. The summed E-state index contributed by atoms with van der Waals surface area (Å²) < 4.78 is 5.51. The lowest BCUT2D eigenvalue weighted by Crippen LogP contribution is -2.24. The van der Waals surface area contributed by atoms with Crippen LogP contribution in [0.3, 0.4) is 0 Å². The second-order valence-corrected chi connectivity index (χ2v) is 5.33. The second kappa shape index (κ2) is 7.52. The largest absolute Gasteiger partial charge is 0.494 e. The summed E-state index contributed by atoms with van der Waals surface area (Å²) >= 11 is 0. The second-order valence-electron chi connectivity index (χ2n) is 5.33. The molecule has 8 nitrogen and oxygen atoms in total. The van der Waals surface area contributed by atoms with Crippen molar-refractivity contribution < 1.29 is 24.5 Å². The first-order chi connectivity index (χ1) is 11.9. The lowest BCUT2D eigenvalue weighted by molar-refractivity contribution is 0.0695. The predicted octanol–water partition coefficient (Wildman–Crippen LogP) is 2.20. The molecule has 0 aliphatic rings. The Bertz CT molecular complexity index is 855. The number of unbranched alkanes of at least 4 members (excludes halogenated alkanes) is 1. The zero-order valence-corrected chi connectivity index (χ0v) is 13.5. The van der Waals surface area contributed by atoms with Gasteiger partial charge in [-0.05, 0) is 24.1 Å². The van der Waals surface area contributed by atoms with Crippen molar-refractivity contribution in [2.75, 3.05) is 12.3 Å². The standard InChI is InChI=1S/C17H18N2O6/c1-2-3-8-25-10-6-4-9(5-7-10)11-12(16(21)22)14(18)19-15(20)13(11)17(23)24/h4-7H,2-3,8H2,1H3,(H,21,22)(H,23,24)(H3,18,19,20). The summed E-state index contributed by atoms with van der Waals surface area (Å²) in [5, 5.41) is 18.7. The van der Waals surface area contributed by atoms with Crippen LogP contribution >= 0.6 is 0 Å². The van der Waals surface area contributed by atoms with E-state index in [-0.39, 0.29) is 11.1 Å². The van der Waals surface area contributed by atoms with Crippen molar-refractivity contribution in [1.29, 1.82) is 0 Å². The minimum absolute atomic E-state index is 0.235. The van der Waals surface area contributed by atoms with E-state index in [0.29, 0.717) is 12.4 Å². The van der Waals surface area contributed by atoms with E-state index < -0.39 is 34.4 Å². The molecule has 0 fully saturated rings. The number of aromatic amines is 1. The van der Waals surface area contributed by atoms with Crippen LogP contribution in [0.15, 0.2) is 29.1 Å². The van der Waals surface area contributed by atoms with E-state index in [4.69, 9.17) is 10.5 Å². The molecule has 0 unspecified atom stereocenters. The summed E-state index contributed by atoms with van der Waals surface area (Å²) in [4.78, 5) is 37.0. The molecule has 1 aromatic heterocycles. The van der Waals surface area contributed by atoms with Gasteiger partial charge in [-0.2, -0.15) is 0 Å². The Kier molecular flexibility index (Phi) is 5.43. The maximum atomic E-state index is 12.0. The summed E-state index contributed by atoms with van der Waals surface area (Å²) in [6.45, 7) is 2.57. The van der Waals surface area contributed by atoms with Crippen LogP contribution in [0, 0.1) is 0 Å². The molecule has 25 heavy (non-hydrogen) atoms. The van der Waals surface area contributed by atoms with Crippen LogP contribution < -0.4 is 16.0 Å². The fourth-order valence-corrected chi connectivity index (χ4v) is 2.39. The number of rotatable bonds is 7. The topological polar surface area (TPSA) is 143 Å². The molecule has 2 aromatic rings. The number of pyridine rings is 1. The zero-order chi connectivity index (χ0) is 18.6. The summed E-state index contributed by atoms with van der Waals surface area (Å²) in [7, 11) is 0. The Morgan fingerprint density at radius 1 is 1.12 bits per heavy atom. The number of nitrogens with one attached hydrogen (secondary N) is 1. The van der Waals surface area contributed by atoms with Gasteiger partial charge in [0.25, 0.3) is 5.56 Å². The number of hydrogen-bond donors (Lipinski definition) is 4. The van der Waals surface area contributed by atoms with Gasteiger partial charge in [-0.25, -0.2) is 9.59 Å². The van der Waals surface area contributed by atoms with Crippen LogP contribution in [-0.4, -0.2) is 33.7 Å². The van der Waals surface area contributed by atoms with Crippen LogP contribution in [-0.2, 0) is 0 Å². The van der Waals surface area contributed by atoms with Crippen molar-refractivity contribution in [2.24, 2.45) is 0 Å². The summed E-state index contributed by atoms with van der Waals surface area (Å²) in [6.07, 6.45) is 1.87. The highest BCUT2D eigenvalue weighted by molar-refractivity contribution is 6.07. The number of carboxylic acid groups (broad SMARTS) is 2. The maximum absolute atomic E-state index is 12.0. The number of anilines is 1. The molecule has 0 radical (unpaired) electrons. The molecule has 0 saturated heterocycles. The fourth-order valence-electron chi connectivity index (χ4n) is 2.39. The van der Waals surface area contributed by atoms with Gasteiger partial charge in [0.15, 0.2) is 0 Å². The van der Waals surface area contributed by atoms with Gasteiger partial charge >= 0.3 is 11.9 Å². The summed E-state index contributed by atoms with van der Waals surface area (Å²) in [5.41, 5.74) is 3.50. The van der Waals surface area contributed by atoms with E-state index in [2.05, 4.69) is 4.98 Å². The van der Waals surface area contributed by atoms with E-state index in [1.807, 2.05) is 6.92 Å². The number of hydrogen-bond acceptors (Lipinski definition) is 5. The monoisotopic (exact) mass is 346 g/mol. The van der Waals surface area contributed by atoms with Gasteiger partial charge in [0.05, 0.1) is 6.61 Å². The van der Waals surface area contributed by atoms with Crippen molar-refractivity contribution in [2.45, 2.75) is 19.8 Å². The number of carboxylic acids is 2. The quantitative estimate of drug-likeness (QED) is 0.563. The number of aromatic nitrogens is 1. The molecule has 0 saturated carbocycles. The molecule has 0 aliphatic heterocycles. The molecular formula is C17H18N2O6. The highest BCUT2D eigenvalue weighted by atomic mass is 16.5. The third-order valence-corrected chi connectivity index (χ3v) is 3.58. The van der Waals surface area contributed by atoms with Crippen LogP contribution in [0.2, 0.25) is 0 Å². The van der Waals surface area contributed by atoms with E-state index in [9.17, 15) is 24.6 Å². The van der Waals surface area contributed by atoms with Crippen molar-refractivity contribution in [3.8, 4) is 16.9 Å². The van der Waals surface area contributed by atoms with Crippen molar-refractivity contribution in [3.05, 3.63) is 45.7 Å². The first-order valence-electron chi connectivity index (χ1n) is 7.62. The van der Waals surface area contributed by atoms with Gasteiger partial charge in [0.1, 0.15) is 22.7 Å². The van der Waals surface area contributed by atoms with Crippen LogP contribution in [0.5, 0.6) is 5.75 Å². The van der Waals surface area contributed by atoms with Gasteiger partial charge in [0.2, 0.25) is 0 Å². The van der Waals surface area contributed by atoms with Gasteiger partial charge in [-0.3, -0.25) is 4.79 Å². The third kappa shape index (κ3) is 3.79. The zero-order valence-electron chi connectivity index (χ0n) is 13.5. The van der Waals surface area contributed by atoms with Crippen LogP contribution in [0.1, 0.15) is 40.5 Å². The highest BCUT2D eigenvalue weighted by Crippen LogP contribution is 2.30. The van der Waals surface area contributed by atoms with Crippen LogP contribution in [0.25, 0.3) is 11.1 Å². The molecule has 2 rings (SSSR count). The fraction of sp³-hybridized carbons (Fsp3) is 0.235. The molecule has 0 amide bonds. The number of ether oxygens (including phenoxy) is 1. The summed E-state index contributed by atoms with van der Waals surface area (Å²) in [6, 6.07) is 6.15. The van der Waals surface area contributed by atoms with Gasteiger partial charge in [-0.15, -0.1) is 0 Å². The Balaban J connectivity index is 2.59. The number of carbonyl (C=O) groups is 2. The van der Waals surface area contributed by atoms with Crippen molar-refractivity contribution in [3.63, 3.8) is 0 Å². The van der Waals surface area contributed by atoms with Gasteiger partial charge < -0.3 is 25.7 Å². The number of aromatic carboxylic acids is 2. The molecule has 1 heterocycles. The molecule has 0 bridgehead atoms. The molecule has 132 valence electrons. The minimum Gasteiger partial charge on any atom is -0.494 e. The third-order valence-electron chi connectivity index (χ3n) is 3.58. The first-order valence-corrected chi connectivity index (χ1v) is 7.62. The Morgan fingerprint density at radius 3 is 2.24 bits per heavy atom. The Labute approximate surface area is 142 Å². The molecule has 0 aliphatic carbocycles. The number of benzene rings is 1. The maximum Gasteiger partial charge on any atom is 0.342 e. The van der Waals surface area contributed by atoms with Gasteiger partial charge in [0, 0.05) is 5.56 Å². The number of nitrogens with two attached hydrogens (primary N) is 1. The molecule has 1 aromatic carbocycles. The van der Waals surface area contributed by atoms with E-state index >= 15 is 0 Å². The average Bonchev–Trinajstić information content (AvgIpc) is 2.54.